The molecule has 9 rings (SSSR count). The smallest absolute Gasteiger partial charge is 0.161 e. The van der Waals surface area contributed by atoms with E-state index in [9.17, 15) is 25.5 Å². The molecule has 13 heteroatoms. The number of ether oxygens (including phenoxy) is 4. The number of aromatic nitrogens is 1. The van der Waals surface area contributed by atoms with Crippen LogP contribution in [-0.2, 0) is 30.4 Å². The highest BCUT2D eigenvalue weighted by molar-refractivity contribution is 5.89. The van der Waals surface area contributed by atoms with Crippen LogP contribution in [0.4, 0.5) is 0 Å². The summed E-state index contributed by atoms with van der Waals surface area (Å²) in [6.45, 7) is 2.93. The summed E-state index contributed by atoms with van der Waals surface area (Å²) in [4.78, 5) is 3.32. The van der Waals surface area contributed by atoms with Crippen LogP contribution in [0.2, 0.25) is 0 Å². The molecule has 0 fully saturated rings. The van der Waals surface area contributed by atoms with Crippen molar-refractivity contribution in [3.63, 3.8) is 0 Å². The molecular formula is C49H58N4O9. The maximum atomic E-state index is 11.4. The fourth-order valence-electron chi connectivity index (χ4n) is 10.4. The number of H-pyrrole nitrogens is 1. The Kier molecular flexibility index (Phi) is 12.0. The molecule has 4 aromatic carbocycles. The normalized spacial score (nSPS) is 22.5. The van der Waals surface area contributed by atoms with E-state index in [-0.39, 0.29) is 43.3 Å². The second-order valence-electron chi connectivity index (χ2n) is 17.3. The molecule has 4 aliphatic rings. The second kappa shape index (κ2) is 17.6. The summed E-state index contributed by atoms with van der Waals surface area (Å²) in [6, 6.07) is 16.2. The van der Waals surface area contributed by atoms with Crippen LogP contribution in [0.1, 0.15) is 82.2 Å². The van der Waals surface area contributed by atoms with E-state index in [2.05, 4.69) is 57.4 Å². The molecule has 0 spiro atoms. The third-order valence-corrected chi connectivity index (χ3v) is 13.2. The number of phenolic OH excluding ortho intramolecular Hbond substituents is 2. The molecule has 6 unspecified atom stereocenters. The van der Waals surface area contributed by atoms with Crippen LogP contribution in [-0.4, -0.2) is 102 Å². The van der Waals surface area contributed by atoms with Crippen molar-refractivity contribution in [3.8, 4) is 39.9 Å². The average Bonchev–Trinajstić information content (AvgIpc) is 3.76. The predicted molar refractivity (Wildman–Crippen MR) is 237 cm³/mol. The molecule has 62 heavy (non-hydrogen) atoms. The van der Waals surface area contributed by atoms with Crippen LogP contribution in [0.15, 0.2) is 60.8 Å². The summed E-state index contributed by atoms with van der Waals surface area (Å²) in [7, 11) is 3.36. The number of methoxy groups -OCH3 is 1. The van der Waals surface area contributed by atoms with Crippen LogP contribution in [0.25, 0.3) is 28.1 Å². The number of hydrogen-bond acceptors (Lipinski definition) is 12. The van der Waals surface area contributed by atoms with Gasteiger partial charge in [0.1, 0.15) is 29.0 Å². The minimum absolute atomic E-state index is 0.000641. The van der Waals surface area contributed by atoms with Crippen molar-refractivity contribution in [2.45, 2.75) is 81.2 Å². The van der Waals surface area contributed by atoms with Gasteiger partial charge < -0.3 is 60.1 Å². The van der Waals surface area contributed by atoms with Gasteiger partial charge in [0, 0.05) is 72.7 Å². The fourth-order valence-corrected chi connectivity index (χ4v) is 10.4. The number of fused-ring (bicyclic) bond motifs is 8. The number of allylic oxidation sites excluding steroid dienone is 1. The quantitative estimate of drug-likeness (QED) is 0.0453. The minimum Gasteiger partial charge on any atom is -0.507 e. The van der Waals surface area contributed by atoms with Gasteiger partial charge in [0.05, 0.1) is 26.6 Å². The Labute approximate surface area is 361 Å². The zero-order valence-electron chi connectivity index (χ0n) is 35.6. The monoisotopic (exact) mass is 846 g/mol. The summed E-state index contributed by atoms with van der Waals surface area (Å²) < 4.78 is 27.1. The van der Waals surface area contributed by atoms with Gasteiger partial charge in [0.25, 0.3) is 0 Å². The number of phenols is 2. The van der Waals surface area contributed by atoms with Crippen molar-refractivity contribution >= 4 is 17.0 Å². The molecule has 3 heterocycles. The molecule has 0 saturated heterocycles. The van der Waals surface area contributed by atoms with Crippen molar-refractivity contribution in [1.29, 1.82) is 0 Å². The first-order valence-electron chi connectivity index (χ1n) is 21.8. The van der Waals surface area contributed by atoms with Gasteiger partial charge in [-0.15, -0.1) is 0 Å². The lowest BCUT2D eigenvalue weighted by Gasteiger charge is -2.48. The predicted octanol–water partition coefficient (Wildman–Crippen LogP) is 5.44. The molecule has 328 valence electrons. The summed E-state index contributed by atoms with van der Waals surface area (Å²) in [5, 5.41) is 64.1. The van der Waals surface area contributed by atoms with Crippen LogP contribution in [0.3, 0.4) is 0 Å². The minimum atomic E-state index is -1.03. The van der Waals surface area contributed by atoms with Crippen LogP contribution < -0.4 is 30.2 Å². The van der Waals surface area contributed by atoms with E-state index in [4.69, 9.17) is 18.9 Å². The molecule has 0 saturated carbocycles. The van der Waals surface area contributed by atoms with Crippen LogP contribution in [0.5, 0.6) is 28.7 Å². The Morgan fingerprint density at radius 2 is 1.85 bits per heavy atom. The van der Waals surface area contributed by atoms with Crippen molar-refractivity contribution in [1.82, 2.24) is 20.9 Å². The maximum Gasteiger partial charge on any atom is 0.161 e. The third kappa shape index (κ3) is 7.49. The molecular weight excluding hydrogens is 789 g/mol. The average molecular weight is 847 g/mol. The number of benzene rings is 4. The van der Waals surface area contributed by atoms with Crippen molar-refractivity contribution in [2.24, 2.45) is 0 Å². The molecule has 0 amide bonds. The van der Waals surface area contributed by atoms with E-state index >= 15 is 0 Å². The molecule has 6 atom stereocenters. The van der Waals surface area contributed by atoms with E-state index in [0.717, 1.165) is 61.2 Å². The van der Waals surface area contributed by atoms with Gasteiger partial charge in [-0.3, -0.25) is 5.32 Å². The largest absolute Gasteiger partial charge is 0.507 e. The van der Waals surface area contributed by atoms with Gasteiger partial charge in [-0.2, -0.15) is 0 Å². The molecule has 5 aromatic rings. The fraction of sp³-hybridized carbons (Fsp3) is 0.429. The molecule has 13 nitrogen and oxygen atoms in total. The number of aromatic amines is 1. The maximum absolute atomic E-state index is 11.4. The number of aliphatic hydroxyl groups excluding tert-OH is 3. The molecule has 9 N–H and O–H groups in total. The van der Waals surface area contributed by atoms with Crippen molar-refractivity contribution in [3.05, 3.63) is 105 Å². The molecule has 0 radical (unpaired) electrons. The highest BCUT2D eigenvalue weighted by Gasteiger charge is 2.51. The molecule has 0 bridgehead atoms. The summed E-state index contributed by atoms with van der Waals surface area (Å²) in [5.41, 5.74) is 9.49. The summed E-state index contributed by atoms with van der Waals surface area (Å²) in [6.07, 6.45) is 7.75. The third-order valence-electron chi connectivity index (χ3n) is 13.2. The van der Waals surface area contributed by atoms with E-state index in [0.29, 0.717) is 75.3 Å². The number of aromatic hydroxyl groups is 2. The standard InChI is InChI=1S/C49H58N4O9/c1-27(56)22-51-25-52-24-49(60-26-50-2)21-39-38-20-37-33(28-6-12-40-29(17-28)14-15-53-40)9-10-34-41(57)13-11-35(43(34)37)44(38)47-36(8-7-32(23-55)61-47)46(39)62-48(49)31-18-30(5-4-16-54)45(58)42(19-31)59-3/h6,9-15,17-19,27,32-33,37,48,50-58H,4-5,7-8,16,20-26H2,1-3H3. The van der Waals surface area contributed by atoms with E-state index < -0.39 is 23.9 Å². The first-order valence-corrected chi connectivity index (χ1v) is 21.8. The highest BCUT2D eigenvalue weighted by Crippen LogP contribution is 2.60. The lowest BCUT2D eigenvalue weighted by atomic mass is 9.64. The Morgan fingerprint density at radius 1 is 0.984 bits per heavy atom. The number of aryl methyl sites for hydroxylation is 1. The zero-order valence-corrected chi connectivity index (χ0v) is 35.6. The van der Waals surface area contributed by atoms with E-state index in [1.54, 1.807) is 13.0 Å². The first-order chi connectivity index (χ1) is 30.2. The first kappa shape index (κ1) is 42.2. The second-order valence-corrected chi connectivity index (χ2v) is 17.3. The Hall–Kier alpha value is -5.12. The van der Waals surface area contributed by atoms with Gasteiger partial charge in [-0.1, -0.05) is 24.3 Å². The van der Waals surface area contributed by atoms with Crippen molar-refractivity contribution < 1.29 is 44.5 Å². The van der Waals surface area contributed by atoms with Gasteiger partial charge in [-0.25, -0.2) is 0 Å². The summed E-state index contributed by atoms with van der Waals surface area (Å²) in [5.74, 6) is 1.95. The summed E-state index contributed by atoms with van der Waals surface area (Å²) >= 11 is 0. The topological polar surface area (TPSA) is 190 Å². The van der Waals surface area contributed by atoms with Crippen molar-refractivity contribution in [2.75, 3.05) is 53.9 Å². The number of nitrogens with one attached hydrogen (secondary N) is 4. The lowest BCUT2D eigenvalue weighted by Crippen LogP contribution is -2.56. The van der Waals surface area contributed by atoms with Gasteiger partial charge in [0.2, 0.25) is 0 Å². The Balaban J connectivity index is 1.26. The SMILES string of the molecule is CNCOC1(CNCNCC(C)O)Cc2c3c(c4c(c2OC1c1cc(CCCO)c(O)c(OC)c1)CCC(CO)O4)-c1ccc(O)c2c1C(C3)C(c1ccc3[nH]ccc3c1)C=C2. The zero-order chi connectivity index (χ0) is 43.1. The highest BCUT2D eigenvalue weighted by atomic mass is 16.6. The van der Waals surface area contributed by atoms with E-state index in [1.165, 1.54) is 12.7 Å². The Bertz CT molecular complexity index is 2480. The van der Waals surface area contributed by atoms with Gasteiger partial charge in [-0.05, 0) is 127 Å². The molecule has 1 aromatic heterocycles. The Morgan fingerprint density at radius 3 is 2.65 bits per heavy atom. The number of aliphatic hydroxyl groups is 3. The molecule has 2 aliphatic carbocycles. The van der Waals surface area contributed by atoms with Crippen LogP contribution >= 0.6 is 0 Å². The number of rotatable bonds is 16. The number of hydrogen-bond donors (Lipinski definition) is 9. The van der Waals surface area contributed by atoms with Gasteiger partial charge in [0.15, 0.2) is 17.6 Å². The van der Waals surface area contributed by atoms with Gasteiger partial charge >= 0.3 is 0 Å². The lowest BCUT2D eigenvalue weighted by molar-refractivity contribution is -0.129. The van der Waals surface area contributed by atoms with E-state index in [1.807, 2.05) is 31.4 Å². The molecule has 2 aliphatic heterocycles. The van der Waals surface area contributed by atoms with Crippen LogP contribution in [0, 0.1) is 0 Å².